The summed E-state index contributed by atoms with van der Waals surface area (Å²) in [6, 6.07) is 8.14. The molecule has 0 amide bonds. The first-order valence-corrected chi connectivity index (χ1v) is 6.67. The molecule has 0 aliphatic carbocycles. The third-order valence-corrected chi connectivity index (χ3v) is 3.61. The molecule has 0 heterocycles. The fourth-order valence-electron chi connectivity index (χ4n) is 1.57. The average Bonchev–Trinajstić information content (AvgIpc) is 2.17. The highest BCUT2D eigenvalue weighted by molar-refractivity contribution is 8.14. The summed E-state index contributed by atoms with van der Waals surface area (Å²) in [5.41, 5.74) is 5.49. The highest BCUT2D eigenvalue weighted by Gasteiger charge is 2.21. The summed E-state index contributed by atoms with van der Waals surface area (Å²) < 4.78 is 22.7. The van der Waals surface area contributed by atoms with E-state index in [-0.39, 0.29) is 10.6 Å². The van der Waals surface area contributed by atoms with Crippen molar-refractivity contribution in [1.82, 2.24) is 0 Å². The van der Waals surface area contributed by atoms with Gasteiger partial charge < -0.3 is 10.8 Å². The molecule has 6 heteroatoms. The molecule has 0 saturated heterocycles. The molecule has 0 aliphatic heterocycles. The Balaban J connectivity index is 3.05. The van der Waals surface area contributed by atoms with Gasteiger partial charge >= 0.3 is 0 Å². The van der Waals surface area contributed by atoms with Gasteiger partial charge in [-0.15, -0.1) is 0 Å². The van der Waals surface area contributed by atoms with Gasteiger partial charge in [0.05, 0.1) is 5.69 Å². The number of hydrogen-bond donors (Lipinski definition) is 2. The van der Waals surface area contributed by atoms with Gasteiger partial charge in [-0.1, -0.05) is 24.3 Å². The summed E-state index contributed by atoms with van der Waals surface area (Å²) >= 11 is 0. The zero-order valence-corrected chi connectivity index (χ0v) is 9.59. The van der Waals surface area contributed by atoms with Crippen LogP contribution in [0.5, 0.6) is 5.75 Å². The lowest BCUT2D eigenvalue weighted by Crippen LogP contribution is -1.97. The zero-order valence-electron chi connectivity index (χ0n) is 8.01. The molecule has 2 rings (SSSR count). The predicted octanol–water partition coefficient (Wildman–Crippen LogP) is 2.06. The first kappa shape index (κ1) is 11.0. The monoisotopic (exact) mass is 257 g/mol. The Morgan fingerprint density at radius 1 is 1.25 bits per heavy atom. The minimum atomic E-state index is -4.04. The van der Waals surface area contributed by atoms with Gasteiger partial charge in [-0.05, 0) is 11.5 Å². The third-order valence-electron chi connectivity index (χ3n) is 2.25. The van der Waals surface area contributed by atoms with Crippen LogP contribution in [0.2, 0.25) is 0 Å². The van der Waals surface area contributed by atoms with E-state index in [0.717, 1.165) is 0 Å². The van der Waals surface area contributed by atoms with Crippen molar-refractivity contribution in [3.63, 3.8) is 0 Å². The number of halogens is 1. The van der Waals surface area contributed by atoms with Crippen molar-refractivity contribution in [3.8, 4) is 5.75 Å². The number of anilines is 1. The summed E-state index contributed by atoms with van der Waals surface area (Å²) in [4.78, 5) is -0.343. The molecule has 84 valence electrons. The topological polar surface area (TPSA) is 80.4 Å². The number of phenolic OH excluding ortho intramolecular Hbond substituents is 1. The molecule has 4 nitrogen and oxygen atoms in total. The number of phenols is 1. The number of rotatable bonds is 1. The lowest BCUT2D eigenvalue weighted by atomic mass is 10.1. The number of fused-ring (bicyclic) bond motifs is 1. The van der Waals surface area contributed by atoms with E-state index in [2.05, 4.69) is 0 Å². The van der Waals surface area contributed by atoms with Gasteiger partial charge in [-0.2, -0.15) is 0 Å². The molecule has 0 atom stereocenters. The van der Waals surface area contributed by atoms with Gasteiger partial charge in [0.25, 0.3) is 9.05 Å². The molecular formula is C10H8ClNO3S. The highest BCUT2D eigenvalue weighted by Crippen LogP contribution is 2.37. The molecule has 3 N–H and O–H groups in total. The van der Waals surface area contributed by atoms with Crippen molar-refractivity contribution in [2.45, 2.75) is 4.90 Å². The minimum Gasteiger partial charge on any atom is -0.504 e. The fraction of sp³-hybridized carbons (Fsp3) is 0. The summed E-state index contributed by atoms with van der Waals surface area (Å²) in [5.74, 6) is -0.506. The molecule has 16 heavy (non-hydrogen) atoms. The number of hydrogen-bond acceptors (Lipinski definition) is 4. The number of nitrogen functional groups attached to an aromatic ring is 1. The van der Waals surface area contributed by atoms with E-state index in [0.29, 0.717) is 10.8 Å². The van der Waals surface area contributed by atoms with Gasteiger partial charge in [-0.25, -0.2) is 8.42 Å². The van der Waals surface area contributed by atoms with Gasteiger partial charge in [0.15, 0.2) is 5.75 Å². The normalized spacial score (nSPS) is 11.8. The highest BCUT2D eigenvalue weighted by atomic mass is 35.7. The van der Waals surface area contributed by atoms with E-state index in [1.54, 1.807) is 24.3 Å². The maximum absolute atomic E-state index is 11.4. The Morgan fingerprint density at radius 2 is 1.88 bits per heavy atom. The van der Waals surface area contributed by atoms with Crippen molar-refractivity contribution in [1.29, 1.82) is 0 Å². The summed E-state index contributed by atoms with van der Waals surface area (Å²) in [5, 5.41) is 10.6. The van der Waals surface area contributed by atoms with Crippen LogP contribution in [-0.2, 0) is 9.05 Å². The van der Waals surface area contributed by atoms with Crippen LogP contribution in [-0.4, -0.2) is 13.5 Å². The minimum absolute atomic E-state index is 0.0158. The summed E-state index contributed by atoms with van der Waals surface area (Å²) in [6.07, 6.45) is 0. The third kappa shape index (κ3) is 1.68. The Kier molecular flexibility index (Phi) is 2.44. The number of aromatic hydroxyl groups is 1. The summed E-state index contributed by atoms with van der Waals surface area (Å²) in [7, 11) is 1.23. The quantitative estimate of drug-likeness (QED) is 0.465. The van der Waals surface area contributed by atoms with Gasteiger partial charge in [-0.3, -0.25) is 0 Å². The summed E-state index contributed by atoms with van der Waals surface area (Å²) in [6.45, 7) is 0. The van der Waals surface area contributed by atoms with Crippen LogP contribution in [0.4, 0.5) is 5.69 Å². The molecule has 0 fully saturated rings. The maximum Gasteiger partial charge on any atom is 0.265 e. The van der Waals surface area contributed by atoms with Crippen molar-refractivity contribution < 1.29 is 13.5 Å². The Bertz CT molecular complexity index is 667. The lowest BCUT2D eigenvalue weighted by molar-refractivity contribution is 0.464. The van der Waals surface area contributed by atoms with Crippen LogP contribution < -0.4 is 5.73 Å². The van der Waals surface area contributed by atoms with Gasteiger partial charge in [0.2, 0.25) is 0 Å². The van der Waals surface area contributed by atoms with Crippen molar-refractivity contribution >= 4 is 36.2 Å². The lowest BCUT2D eigenvalue weighted by Gasteiger charge is -2.08. The number of benzene rings is 2. The molecule has 0 saturated carbocycles. The maximum atomic E-state index is 11.4. The molecule has 2 aromatic rings. The molecule has 0 aromatic heterocycles. The van der Waals surface area contributed by atoms with Crippen molar-refractivity contribution in [2.24, 2.45) is 0 Å². The average molecular weight is 258 g/mol. The smallest absolute Gasteiger partial charge is 0.265 e. The molecule has 0 radical (unpaired) electrons. The van der Waals surface area contributed by atoms with Crippen LogP contribution in [0.3, 0.4) is 0 Å². The van der Waals surface area contributed by atoms with Crippen LogP contribution in [0.15, 0.2) is 35.2 Å². The van der Waals surface area contributed by atoms with E-state index in [1.165, 1.54) is 6.07 Å². The molecular weight excluding hydrogens is 250 g/mol. The van der Waals surface area contributed by atoms with Crippen molar-refractivity contribution in [3.05, 3.63) is 30.3 Å². The Labute approximate surface area is 96.7 Å². The second kappa shape index (κ2) is 3.54. The largest absolute Gasteiger partial charge is 0.504 e. The second-order valence-electron chi connectivity index (χ2n) is 3.30. The van der Waals surface area contributed by atoms with E-state index in [1.807, 2.05) is 0 Å². The van der Waals surface area contributed by atoms with Crippen molar-refractivity contribution in [2.75, 3.05) is 5.73 Å². The van der Waals surface area contributed by atoms with Crippen LogP contribution in [0.1, 0.15) is 0 Å². The van der Waals surface area contributed by atoms with E-state index in [4.69, 9.17) is 16.4 Å². The molecule has 0 bridgehead atoms. The van der Waals surface area contributed by atoms with Crippen LogP contribution in [0, 0.1) is 0 Å². The first-order valence-electron chi connectivity index (χ1n) is 4.36. The molecule has 0 unspecified atom stereocenters. The molecule has 0 aliphatic rings. The van der Waals surface area contributed by atoms with Gasteiger partial charge in [0, 0.05) is 16.1 Å². The van der Waals surface area contributed by atoms with E-state index in [9.17, 15) is 13.5 Å². The fourth-order valence-corrected chi connectivity index (χ4v) is 2.84. The van der Waals surface area contributed by atoms with Crippen LogP contribution >= 0.6 is 10.7 Å². The second-order valence-corrected chi connectivity index (χ2v) is 5.81. The van der Waals surface area contributed by atoms with Gasteiger partial charge in [0.1, 0.15) is 4.90 Å². The zero-order chi connectivity index (χ0) is 11.9. The molecule has 0 spiro atoms. The number of nitrogens with two attached hydrogens (primary N) is 1. The molecule has 2 aromatic carbocycles. The Morgan fingerprint density at radius 3 is 2.50 bits per heavy atom. The standard InChI is InChI=1S/C10H8ClNO3S/c11-16(14,15)10-7-4-2-1-3-6(7)5-8(12)9(10)13/h1-5,13H,12H2. The Hall–Kier alpha value is -1.46. The first-order chi connectivity index (χ1) is 7.41. The van der Waals surface area contributed by atoms with E-state index >= 15 is 0 Å². The van der Waals surface area contributed by atoms with E-state index < -0.39 is 14.8 Å². The predicted molar refractivity (Wildman–Crippen MR) is 63.1 cm³/mol. The van der Waals surface area contributed by atoms with Crippen LogP contribution in [0.25, 0.3) is 10.8 Å². The SMILES string of the molecule is Nc1cc2ccccc2c(S(=O)(=O)Cl)c1O.